The number of anilines is 1. The Hall–Kier alpha value is -3.56. The van der Waals surface area contributed by atoms with Crippen LogP contribution in [0.3, 0.4) is 0 Å². The van der Waals surface area contributed by atoms with Gasteiger partial charge in [-0.1, -0.05) is 10.3 Å². The van der Waals surface area contributed by atoms with E-state index >= 15 is 0 Å². The molecule has 10 heteroatoms. The summed E-state index contributed by atoms with van der Waals surface area (Å²) >= 11 is 0. The number of benzene rings is 1. The molecule has 0 aliphatic carbocycles. The summed E-state index contributed by atoms with van der Waals surface area (Å²) < 4.78 is 20.1. The number of hydrogen-bond acceptors (Lipinski definition) is 9. The second-order valence-corrected chi connectivity index (χ2v) is 5.55. The number of nitrogens with zero attached hydrogens (tertiary/aromatic N) is 2. The highest BCUT2D eigenvalue weighted by Crippen LogP contribution is 2.32. The fourth-order valence-electron chi connectivity index (χ4n) is 2.15. The number of aryl methyl sites for hydroxylation is 1. The lowest BCUT2D eigenvalue weighted by Crippen LogP contribution is -2.22. The molecule has 0 saturated carbocycles. The zero-order chi connectivity index (χ0) is 19.2. The van der Waals surface area contributed by atoms with Gasteiger partial charge in [-0.2, -0.15) is 0 Å². The van der Waals surface area contributed by atoms with Gasteiger partial charge in [0, 0.05) is 11.6 Å². The molecule has 2 aromatic rings. The van der Waals surface area contributed by atoms with E-state index in [9.17, 15) is 9.59 Å². The average molecular weight is 375 g/mol. The van der Waals surface area contributed by atoms with Crippen LogP contribution in [-0.2, 0) is 19.2 Å². The third-order valence-electron chi connectivity index (χ3n) is 3.43. The standard InChI is InChI=1S/C17H17N3O7/c1-10-5-15(20-27-10)18-16(21)7-23-17(22)8-26-19-11(2)12-3-4-13-14(6-12)25-9-24-13/h3-6H,7-9H2,1-2H3,(H,18,20,21)/b19-11+. The molecule has 0 radical (unpaired) electrons. The van der Waals surface area contributed by atoms with Crippen molar-refractivity contribution in [3.63, 3.8) is 0 Å². The number of aromatic nitrogens is 1. The van der Waals surface area contributed by atoms with E-state index in [1.807, 2.05) is 0 Å². The highest BCUT2D eigenvalue weighted by molar-refractivity contribution is 5.99. The summed E-state index contributed by atoms with van der Waals surface area (Å²) in [5.41, 5.74) is 1.30. The minimum atomic E-state index is -0.733. The van der Waals surface area contributed by atoms with Crippen LogP contribution < -0.4 is 14.8 Å². The molecule has 142 valence electrons. The van der Waals surface area contributed by atoms with Crippen LogP contribution in [0, 0.1) is 6.92 Å². The number of carbonyl (C=O) groups is 2. The first-order valence-electron chi connectivity index (χ1n) is 7.96. The first kappa shape index (κ1) is 18.2. The van der Waals surface area contributed by atoms with Crippen LogP contribution in [0.5, 0.6) is 11.5 Å². The number of carbonyl (C=O) groups excluding carboxylic acids is 2. The summed E-state index contributed by atoms with van der Waals surface area (Å²) in [6.45, 7) is 2.68. The molecule has 2 heterocycles. The number of fused-ring (bicyclic) bond motifs is 1. The minimum absolute atomic E-state index is 0.182. The number of amides is 1. The third-order valence-corrected chi connectivity index (χ3v) is 3.43. The SMILES string of the molecule is C/C(=N\OCC(=O)OCC(=O)Nc1cc(C)on1)c1ccc2c(c1)OCO2. The van der Waals surface area contributed by atoms with Gasteiger partial charge >= 0.3 is 5.97 Å². The number of rotatable bonds is 7. The van der Waals surface area contributed by atoms with Crippen LogP contribution in [0.1, 0.15) is 18.2 Å². The number of ether oxygens (including phenoxy) is 3. The number of oxime groups is 1. The van der Waals surface area contributed by atoms with E-state index in [4.69, 9.17) is 23.6 Å². The second kappa shape index (κ2) is 8.21. The second-order valence-electron chi connectivity index (χ2n) is 5.55. The molecule has 0 spiro atoms. The Kier molecular flexibility index (Phi) is 5.55. The maximum atomic E-state index is 11.6. The highest BCUT2D eigenvalue weighted by Gasteiger charge is 2.14. The lowest BCUT2D eigenvalue weighted by molar-refractivity contribution is -0.151. The number of esters is 1. The molecule has 1 amide bonds. The van der Waals surface area contributed by atoms with Crippen LogP contribution in [0.25, 0.3) is 0 Å². The molecular weight excluding hydrogens is 358 g/mol. The quantitative estimate of drug-likeness (QED) is 0.440. The van der Waals surface area contributed by atoms with Gasteiger partial charge in [-0.3, -0.25) is 4.79 Å². The molecule has 27 heavy (non-hydrogen) atoms. The van der Waals surface area contributed by atoms with E-state index in [1.165, 1.54) is 6.07 Å². The Morgan fingerprint density at radius 1 is 1.22 bits per heavy atom. The van der Waals surface area contributed by atoms with Gasteiger partial charge in [0.25, 0.3) is 5.91 Å². The topological polar surface area (TPSA) is 121 Å². The van der Waals surface area contributed by atoms with Crippen molar-refractivity contribution in [1.29, 1.82) is 0 Å². The van der Waals surface area contributed by atoms with Crippen LogP contribution in [0.4, 0.5) is 5.82 Å². The first-order valence-corrected chi connectivity index (χ1v) is 7.96. The van der Waals surface area contributed by atoms with Gasteiger partial charge < -0.3 is 28.9 Å². The monoisotopic (exact) mass is 375 g/mol. The van der Waals surface area contributed by atoms with E-state index in [0.29, 0.717) is 23.0 Å². The van der Waals surface area contributed by atoms with E-state index < -0.39 is 25.1 Å². The van der Waals surface area contributed by atoms with Gasteiger partial charge in [0.1, 0.15) is 5.76 Å². The fraction of sp³-hybridized carbons (Fsp3) is 0.294. The zero-order valence-electron chi connectivity index (χ0n) is 14.7. The van der Waals surface area contributed by atoms with Crippen molar-refractivity contribution < 1.29 is 33.2 Å². The summed E-state index contributed by atoms with van der Waals surface area (Å²) in [7, 11) is 0. The fourth-order valence-corrected chi connectivity index (χ4v) is 2.15. The van der Waals surface area contributed by atoms with Crippen LogP contribution in [-0.4, -0.2) is 42.8 Å². The molecule has 3 rings (SSSR count). The van der Waals surface area contributed by atoms with Gasteiger partial charge in [-0.05, 0) is 32.0 Å². The Bertz CT molecular complexity index is 875. The molecule has 1 aliphatic rings. The Morgan fingerprint density at radius 2 is 2.04 bits per heavy atom. The molecule has 0 unspecified atom stereocenters. The van der Waals surface area contributed by atoms with Crippen molar-refractivity contribution in [2.24, 2.45) is 5.16 Å². The predicted molar refractivity (Wildman–Crippen MR) is 91.6 cm³/mol. The van der Waals surface area contributed by atoms with Crippen LogP contribution in [0.15, 0.2) is 33.9 Å². The minimum Gasteiger partial charge on any atom is -0.454 e. The highest BCUT2D eigenvalue weighted by atomic mass is 16.7. The van der Waals surface area contributed by atoms with Gasteiger partial charge in [0.05, 0.1) is 5.71 Å². The molecule has 0 bridgehead atoms. The predicted octanol–water partition coefficient (Wildman–Crippen LogP) is 1.63. The van der Waals surface area contributed by atoms with Gasteiger partial charge in [0.15, 0.2) is 23.9 Å². The van der Waals surface area contributed by atoms with Crippen LogP contribution in [0.2, 0.25) is 0 Å². The Morgan fingerprint density at radius 3 is 2.81 bits per heavy atom. The summed E-state index contributed by atoms with van der Waals surface area (Å²) in [6, 6.07) is 6.86. The van der Waals surface area contributed by atoms with Crippen molar-refractivity contribution in [3.8, 4) is 11.5 Å². The molecule has 1 aromatic carbocycles. The van der Waals surface area contributed by atoms with Gasteiger partial charge in [-0.25, -0.2) is 4.79 Å². The normalized spacial score (nSPS) is 12.6. The maximum absolute atomic E-state index is 11.6. The summed E-state index contributed by atoms with van der Waals surface area (Å²) in [4.78, 5) is 28.2. The van der Waals surface area contributed by atoms with E-state index in [0.717, 1.165) is 5.56 Å². The third kappa shape index (κ3) is 4.97. The van der Waals surface area contributed by atoms with Crippen molar-refractivity contribution in [3.05, 3.63) is 35.6 Å². The summed E-state index contributed by atoms with van der Waals surface area (Å²) in [5, 5.41) is 9.87. The van der Waals surface area contributed by atoms with Crippen LogP contribution >= 0.6 is 0 Å². The Balaban J connectivity index is 1.40. The van der Waals surface area contributed by atoms with E-state index in [-0.39, 0.29) is 12.6 Å². The Labute approximate surface area is 154 Å². The first-order chi connectivity index (χ1) is 13.0. The lowest BCUT2D eigenvalue weighted by atomic mass is 10.1. The smallest absolute Gasteiger partial charge is 0.347 e. The number of hydrogen-bond donors (Lipinski definition) is 1. The zero-order valence-corrected chi connectivity index (χ0v) is 14.7. The van der Waals surface area contributed by atoms with Crippen molar-refractivity contribution >= 4 is 23.4 Å². The van der Waals surface area contributed by atoms with Gasteiger partial charge in [0.2, 0.25) is 13.4 Å². The molecule has 0 fully saturated rings. The molecule has 0 saturated heterocycles. The van der Waals surface area contributed by atoms with Crippen molar-refractivity contribution in [2.75, 3.05) is 25.3 Å². The van der Waals surface area contributed by atoms with Gasteiger partial charge in [-0.15, -0.1) is 0 Å². The maximum Gasteiger partial charge on any atom is 0.347 e. The van der Waals surface area contributed by atoms with E-state index in [1.54, 1.807) is 32.0 Å². The molecule has 1 aliphatic heterocycles. The van der Waals surface area contributed by atoms with Crippen molar-refractivity contribution in [1.82, 2.24) is 5.16 Å². The van der Waals surface area contributed by atoms with Crippen molar-refractivity contribution in [2.45, 2.75) is 13.8 Å². The summed E-state index contributed by atoms with van der Waals surface area (Å²) in [5.74, 6) is 0.797. The lowest BCUT2D eigenvalue weighted by Gasteiger charge is -2.05. The number of nitrogens with one attached hydrogen (secondary N) is 1. The molecule has 0 atom stereocenters. The average Bonchev–Trinajstić information content (AvgIpc) is 3.27. The molecule has 10 nitrogen and oxygen atoms in total. The van der Waals surface area contributed by atoms with E-state index in [2.05, 4.69) is 15.6 Å². The summed E-state index contributed by atoms with van der Waals surface area (Å²) in [6.07, 6.45) is 0. The molecular formula is C17H17N3O7. The molecule has 1 N–H and O–H groups in total. The molecule has 1 aromatic heterocycles. The largest absolute Gasteiger partial charge is 0.454 e.